The summed E-state index contributed by atoms with van der Waals surface area (Å²) >= 11 is 0. The zero-order valence-corrected chi connectivity index (χ0v) is 5.39. The molecule has 0 atom stereocenters. The van der Waals surface area contributed by atoms with Crippen molar-refractivity contribution in [1.82, 2.24) is 0 Å². The van der Waals surface area contributed by atoms with E-state index in [1.807, 2.05) is 13.8 Å². The summed E-state index contributed by atoms with van der Waals surface area (Å²) in [6.45, 7) is 7.56. The number of rotatable bonds is 4. The Hall–Kier alpha value is -0.500. The standard InChI is InChI=1S/C6H12O2/c1-4-7-5-8-6(2)3/h4,6H,1,5H2,2-3H3. The molecular formula is C6H12O2. The van der Waals surface area contributed by atoms with Crippen LogP contribution in [0.1, 0.15) is 13.8 Å². The van der Waals surface area contributed by atoms with Gasteiger partial charge in [0.2, 0.25) is 0 Å². The van der Waals surface area contributed by atoms with Crippen LogP contribution >= 0.6 is 0 Å². The van der Waals surface area contributed by atoms with E-state index in [9.17, 15) is 0 Å². The molecule has 0 aliphatic rings. The predicted octanol–water partition coefficient (Wildman–Crippen LogP) is 1.53. The van der Waals surface area contributed by atoms with Crippen LogP contribution in [0.3, 0.4) is 0 Å². The molecule has 0 bridgehead atoms. The molecule has 0 unspecified atom stereocenters. The van der Waals surface area contributed by atoms with Gasteiger partial charge in [0.05, 0.1) is 12.4 Å². The molecule has 2 heteroatoms. The van der Waals surface area contributed by atoms with E-state index in [1.54, 1.807) is 0 Å². The Kier molecular flexibility index (Phi) is 4.36. The van der Waals surface area contributed by atoms with Crippen LogP contribution in [0.25, 0.3) is 0 Å². The van der Waals surface area contributed by atoms with Gasteiger partial charge >= 0.3 is 0 Å². The van der Waals surface area contributed by atoms with Crippen molar-refractivity contribution in [2.45, 2.75) is 20.0 Å². The lowest BCUT2D eigenvalue weighted by atomic mass is 10.5. The van der Waals surface area contributed by atoms with Gasteiger partial charge in [-0.15, -0.1) is 0 Å². The topological polar surface area (TPSA) is 18.5 Å². The third-order valence-corrected chi connectivity index (χ3v) is 0.587. The van der Waals surface area contributed by atoms with Gasteiger partial charge in [-0.3, -0.25) is 0 Å². The van der Waals surface area contributed by atoms with Crippen LogP contribution in [0, 0.1) is 0 Å². The molecule has 0 saturated heterocycles. The van der Waals surface area contributed by atoms with E-state index < -0.39 is 0 Å². The Bertz CT molecular complexity index is 59.5. The maximum atomic E-state index is 4.99. The Morgan fingerprint density at radius 1 is 1.62 bits per heavy atom. The van der Waals surface area contributed by atoms with Gasteiger partial charge in [0.25, 0.3) is 0 Å². The number of hydrogen-bond donors (Lipinski definition) is 0. The summed E-state index contributed by atoms with van der Waals surface area (Å²) in [6.07, 6.45) is 1.59. The average molecular weight is 116 g/mol. The molecule has 0 aliphatic heterocycles. The first-order valence-electron chi connectivity index (χ1n) is 2.61. The fourth-order valence-corrected chi connectivity index (χ4v) is 0.223. The van der Waals surface area contributed by atoms with Crippen molar-refractivity contribution in [2.75, 3.05) is 6.79 Å². The SMILES string of the molecule is C=COCOC(C)C. The number of hydrogen-bond acceptors (Lipinski definition) is 2. The summed E-state index contributed by atoms with van der Waals surface area (Å²) in [5, 5.41) is 0. The lowest BCUT2D eigenvalue weighted by Gasteiger charge is -2.04. The molecule has 0 aromatic rings. The smallest absolute Gasteiger partial charge is 0.188 e. The van der Waals surface area contributed by atoms with Crippen LogP contribution in [-0.4, -0.2) is 12.9 Å². The molecule has 0 radical (unpaired) electrons. The Balaban J connectivity index is 2.81. The van der Waals surface area contributed by atoms with Crippen molar-refractivity contribution in [3.8, 4) is 0 Å². The first-order chi connectivity index (χ1) is 3.77. The summed E-state index contributed by atoms with van der Waals surface area (Å²) in [5.41, 5.74) is 0. The Morgan fingerprint density at radius 3 is 2.62 bits per heavy atom. The molecule has 0 rings (SSSR count). The summed E-state index contributed by atoms with van der Waals surface area (Å²) in [6, 6.07) is 0. The summed E-state index contributed by atoms with van der Waals surface area (Å²) in [7, 11) is 0. The van der Waals surface area contributed by atoms with Crippen molar-refractivity contribution in [3.63, 3.8) is 0 Å². The van der Waals surface area contributed by atoms with Crippen LogP contribution in [0.15, 0.2) is 12.8 Å². The molecule has 48 valence electrons. The molecule has 0 amide bonds. The van der Waals surface area contributed by atoms with E-state index in [-0.39, 0.29) is 6.10 Å². The highest BCUT2D eigenvalue weighted by Crippen LogP contribution is 1.86. The first kappa shape index (κ1) is 7.50. The predicted molar refractivity (Wildman–Crippen MR) is 32.4 cm³/mol. The average Bonchev–Trinajstić information content (AvgIpc) is 1.66. The van der Waals surface area contributed by atoms with Crippen LogP contribution < -0.4 is 0 Å². The van der Waals surface area contributed by atoms with Gasteiger partial charge in [-0.2, -0.15) is 0 Å². The summed E-state index contributed by atoms with van der Waals surface area (Å²) < 4.78 is 9.67. The molecule has 0 fully saturated rings. The van der Waals surface area contributed by atoms with Crippen molar-refractivity contribution in [3.05, 3.63) is 12.8 Å². The molecule has 8 heavy (non-hydrogen) atoms. The Labute approximate surface area is 50.1 Å². The molecule has 0 aromatic carbocycles. The normalized spacial score (nSPS) is 9.38. The van der Waals surface area contributed by atoms with Crippen LogP contribution in [-0.2, 0) is 9.47 Å². The second kappa shape index (κ2) is 4.65. The van der Waals surface area contributed by atoms with Gasteiger partial charge in [-0.1, -0.05) is 6.58 Å². The first-order valence-corrected chi connectivity index (χ1v) is 2.61. The fraction of sp³-hybridized carbons (Fsp3) is 0.667. The second-order valence-corrected chi connectivity index (χ2v) is 1.67. The van der Waals surface area contributed by atoms with Gasteiger partial charge in [-0.25, -0.2) is 0 Å². The minimum Gasteiger partial charge on any atom is -0.476 e. The van der Waals surface area contributed by atoms with Crippen molar-refractivity contribution in [1.29, 1.82) is 0 Å². The molecule has 0 spiro atoms. The molecule has 2 nitrogen and oxygen atoms in total. The third-order valence-electron chi connectivity index (χ3n) is 0.587. The second-order valence-electron chi connectivity index (χ2n) is 1.67. The van der Waals surface area contributed by atoms with Crippen molar-refractivity contribution in [2.24, 2.45) is 0 Å². The highest BCUT2D eigenvalue weighted by molar-refractivity contribution is 4.45. The quantitative estimate of drug-likeness (QED) is 0.315. The highest BCUT2D eigenvalue weighted by atomic mass is 16.7. The number of ether oxygens (including phenoxy) is 2. The van der Waals surface area contributed by atoms with E-state index >= 15 is 0 Å². The van der Waals surface area contributed by atoms with E-state index in [4.69, 9.17) is 4.74 Å². The molecule has 0 aliphatic carbocycles. The van der Waals surface area contributed by atoms with E-state index in [0.717, 1.165) is 0 Å². The van der Waals surface area contributed by atoms with Crippen molar-refractivity contribution >= 4 is 0 Å². The van der Waals surface area contributed by atoms with E-state index in [2.05, 4.69) is 11.3 Å². The molecule has 0 aromatic heterocycles. The van der Waals surface area contributed by atoms with Gasteiger partial charge in [0.1, 0.15) is 0 Å². The summed E-state index contributed by atoms with van der Waals surface area (Å²) in [5.74, 6) is 0. The van der Waals surface area contributed by atoms with Crippen LogP contribution in [0.4, 0.5) is 0 Å². The van der Waals surface area contributed by atoms with E-state index in [1.165, 1.54) is 6.26 Å². The van der Waals surface area contributed by atoms with Crippen LogP contribution in [0.5, 0.6) is 0 Å². The Morgan fingerprint density at radius 2 is 2.25 bits per heavy atom. The molecular weight excluding hydrogens is 104 g/mol. The molecule has 0 saturated carbocycles. The van der Waals surface area contributed by atoms with E-state index in [0.29, 0.717) is 6.79 Å². The highest BCUT2D eigenvalue weighted by Gasteiger charge is 1.88. The zero-order valence-electron chi connectivity index (χ0n) is 5.39. The molecule has 0 heterocycles. The molecule has 0 N–H and O–H groups in total. The monoisotopic (exact) mass is 116 g/mol. The van der Waals surface area contributed by atoms with Gasteiger partial charge in [0, 0.05) is 0 Å². The zero-order chi connectivity index (χ0) is 6.41. The third kappa shape index (κ3) is 5.50. The van der Waals surface area contributed by atoms with Crippen LogP contribution in [0.2, 0.25) is 0 Å². The van der Waals surface area contributed by atoms with Gasteiger partial charge < -0.3 is 9.47 Å². The van der Waals surface area contributed by atoms with Gasteiger partial charge in [0.15, 0.2) is 6.79 Å². The maximum Gasteiger partial charge on any atom is 0.188 e. The summed E-state index contributed by atoms with van der Waals surface area (Å²) in [4.78, 5) is 0. The van der Waals surface area contributed by atoms with Crippen molar-refractivity contribution < 1.29 is 9.47 Å². The largest absolute Gasteiger partial charge is 0.476 e. The maximum absolute atomic E-state index is 4.99. The lowest BCUT2D eigenvalue weighted by molar-refractivity contribution is -0.0422. The van der Waals surface area contributed by atoms with Gasteiger partial charge in [-0.05, 0) is 13.8 Å². The minimum atomic E-state index is 0.231. The minimum absolute atomic E-state index is 0.231. The lowest BCUT2D eigenvalue weighted by Crippen LogP contribution is -2.03. The fourth-order valence-electron chi connectivity index (χ4n) is 0.223.